The van der Waals surface area contributed by atoms with Gasteiger partial charge in [0, 0.05) is 16.2 Å². The Morgan fingerprint density at radius 3 is 2.57 bits per heavy atom. The van der Waals surface area contributed by atoms with Crippen LogP contribution in [0.4, 0.5) is 0 Å². The van der Waals surface area contributed by atoms with Crippen LogP contribution in [0.5, 0.6) is 0 Å². The minimum absolute atomic E-state index is 0.375. The predicted molar refractivity (Wildman–Crippen MR) is 62.8 cm³/mol. The van der Waals surface area contributed by atoms with Gasteiger partial charge in [0.05, 0.1) is 0 Å². The first-order valence-corrected chi connectivity index (χ1v) is 5.93. The molecule has 0 heterocycles. The average Bonchev–Trinajstić information content (AvgIpc) is 2.91. The molecule has 2 rings (SSSR count). The Hall–Kier alpha value is -0.470. The molecule has 0 bridgehead atoms. The lowest BCUT2D eigenvalue weighted by molar-refractivity contribution is 0.899. The van der Waals surface area contributed by atoms with Crippen molar-refractivity contribution in [1.82, 2.24) is 0 Å². The summed E-state index contributed by atoms with van der Waals surface area (Å²) in [6.07, 6.45) is 2.56. The molecule has 1 fully saturated rings. The van der Waals surface area contributed by atoms with Crippen LogP contribution < -0.4 is 5.73 Å². The van der Waals surface area contributed by atoms with Gasteiger partial charge < -0.3 is 5.73 Å². The SMILES string of the molecule is Cc1ccc(SC2(CN)CC2)c(C)c1. The molecule has 2 N–H and O–H groups in total. The summed E-state index contributed by atoms with van der Waals surface area (Å²) in [7, 11) is 0. The molecule has 0 unspecified atom stereocenters. The maximum Gasteiger partial charge on any atom is 0.0330 e. The predicted octanol–water partition coefficient (Wildman–Crippen LogP) is 2.89. The number of thioether (sulfide) groups is 1. The molecule has 1 aliphatic carbocycles. The zero-order valence-electron chi connectivity index (χ0n) is 8.84. The van der Waals surface area contributed by atoms with Crippen LogP contribution >= 0.6 is 11.8 Å². The Balaban J connectivity index is 2.17. The van der Waals surface area contributed by atoms with Gasteiger partial charge in [0.15, 0.2) is 0 Å². The number of aryl methyl sites for hydroxylation is 2. The zero-order chi connectivity index (χ0) is 10.2. The average molecular weight is 207 g/mol. The van der Waals surface area contributed by atoms with Gasteiger partial charge in [-0.3, -0.25) is 0 Å². The fourth-order valence-corrected chi connectivity index (χ4v) is 2.85. The van der Waals surface area contributed by atoms with E-state index >= 15 is 0 Å². The Kier molecular flexibility index (Phi) is 2.58. The molecule has 1 aromatic carbocycles. The topological polar surface area (TPSA) is 26.0 Å². The van der Waals surface area contributed by atoms with Gasteiger partial charge in [-0.25, -0.2) is 0 Å². The second-order valence-corrected chi connectivity index (χ2v) is 5.77. The van der Waals surface area contributed by atoms with Crippen LogP contribution in [0.25, 0.3) is 0 Å². The third kappa shape index (κ3) is 1.96. The summed E-state index contributed by atoms with van der Waals surface area (Å²) in [6.45, 7) is 5.13. The highest BCUT2D eigenvalue weighted by atomic mass is 32.2. The number of hydrogen-bond acceptors (Lipinski definition) is 2. The van der Waals surface area contributed by atoms with Crippen molar-refractivity contribution in [1.29, 1.82) is 0 Å². The van der Waals surface area contributed by atoms with Crippen molar-refractivity contribution in [3.63, 3.8) is 0 Å². The monoisotopic (exact) mass is 207 g/mol. The van der Waals surface area contributed by atoms with Gasteiger partial charge in [-0.2, -0.15) is 0 Å². The molecule has 76 valence electrons. The molecule has 0 radical (unpaired) electrons. The van der Waals surface area contributed by atoms with E-state index in [0.717, 1.165) is 6.54 Å². The summed E-state index contributed by atoms with van der Waals surface area (Å²) in [5.74, 6) is 0. The molecule has 0 saturated heterocycles. The van der Waals surface area contributed by atoms with Crippen LogP contribution in [-0.2, 0) is 0 Å². The normalized spacial score (nSPS) is 18.2. The molecule has 0 spiro atoms. The fraction of sp³-hybridized carbons (Fsp3) is 0.500. The second-order valence-electron chi connectivity index (χ2n) is 4.26. The second kappa shape index (κ2) is 3.59. The number of nitrogens with two attached hydrogens (primary N) is 1. The molecule has 1 nitrogen and oxygen atoms in total. The smallest absolute Gasteiger partial charge is 0.0330 e. The van der Waals surface area contributed by atoms with Crippen LogP contribution in [0.15, 0.2) is 23.1 Å². The summed E-state index contributed by atoms with van der Waals surface area (Å²) in [4.78, 5) is 1.40. The molecule has 0 atom stereocenters. The summed E-state index contributed by atoms with van der Waals surface area (Å²) < 4.78 is 0.375. The maximum atomic E-state index is 5.78. The summed E-state index contributed by atoms with van der Waals surface area (Å²) in [6, 6.07) is 6.65. The molecule has 14 heavy (non-hydrogen) atoms. The van der Waals surface area contributed by atoms with Crippen LogP contribution in [0.2, 0.25) is 0 Å². The van der Waals surface area contributed by atoms with E-state index in [1.165, 1.54) is 28.9 Å². The van der Waals surface area contributed by atoms with Crippen LogP contribution in [-0.4, -0.2) is 11.3 Å². The van der Waals surface area contributed by atoms with E-state index in [9.17, 15) is 0 Å². The van der Waals surface area contributed by atoms with E-state index in [0.29, 0.717) is 4.75 Å². The Bertz CT molecular complexity index is 342. The lowest BCUT2D eigenvalue weighted by Gasteiger charge is -2.13. The third-order valence-corrected chi connectivity index (χ3v) is 4.52. The number of benzene rings is 1. The number of rotatable bonds is 3. The Morgan fingerprint density at radius 2 is 2.07 bits per heavy atom. The molecular formula is C12H17NS. The molecule has 1 saturated carbocycles. The lowest BCUT2D eigenvalue weighted by Crippen LogP contribution is -2.17. The van der Waals surface area contributed by atoms with Crippen LogP contribution in [0.1, 0.15) is 24.0 Å². The first-order chi connectivity index (χ1) is 6.65. The van der Waals surface area contributed by atoms with E-state index in [1.807, 2.05) is 11.8 Å². The molecule has 2 heteroatoms. The van der Waals surface area contributed by atoms with Gasteiger partial charge in [-0.15, -0.1) is 11.8 Å². The van der Waals surface area contributed by atoms with Crippen LogP contribution in [0, 0.1) is 13.8 Å². The highest BCUT2D eigenvalue weighted by Crippen LogP contribution is 2.51. The highest BCUT2D eigenvalue weighted by molar-refractivity contribution is 8.01. The van der Waals surface area contributed by atoms with Crippen molar-refractivity contribution in [3.05, 3.63) is 29.3 Å². The van der Waals surface area contributed by atoms with Crippen molar-refractivity contribution >= 4 is 11.8 Å². The first-order valence-electron chi connectivity index (χ1n) is 5.12. The Labute approximate surface area is 90.1 Å². The van der Waals surface area contributed by atoms with Crippen molar-refractivity contribution in [2.45, 2.75) is 36.3 Å². The van der Waals surface area contributed by atoms with Crippen molar-refractivity contribution < 1.29 is 0 Å². The largest absolute Gasteiger partial charge is 0.329 e. The summed E-state index contributed by atoms with van der Waals surface area (Å²) >= 11 is 1.97. The molecule has 0 aliphatic heterocycles. The number of hydrogen-bond donors (Lipinski definition) is 1. The van der Waals surface area contributed by atoms with E-state index in [1.54, 1.807) is 0 Å². The van der Waals surface area contributed by atoms with Gasteiger partial charge in [0.2, 0.25) is 0 Å². The van der Waals surface area contributed by atoms with Gasteiger partial charge in [-0.05, 0) is 38.3 Å². The molecule has 1 aliphatic rings. The quantitative estimate of drug-likeness (QED) is 0.824. The highest BCUT2D eigenvalue weighted by Gasteiger charge is 2.42. The standard InChI is InChI=1S/C12H17NS/c1-9-3-4-11(10(2)7-9)14-12(8-13)5-6-12/h3-4,7H,5-6,8,13H2,1-2H3. The van der Waals surface area contributed by atoms with E-state index in [-0.39, 0.29) is 0 Å². The minimum atomic E-state index is 0.375. The van der Waals surface area contributed by atoms with Gasteiger partial charge >= 0.3 is 0 Å². The zero-order valence-corrected chi connectivity index (χ0v) is 9.66. The van der Waals surface area contributed by atoms with Crippen molar-refractivity contribution in [3.8, 4) is 0 Å². The van der Waals surface area contributed by atoms with E-state index in [4.69, 9.17) is 5.73 Å². The van der Waals surface area contributed by atoms with Gasteiger partial charge in [-0.1, -0.05) is 17.7 Å². The van der Waals surface area contributed by atoms with Crippen molar-refractivity contribution in [2.75, 3.05) is 6.54 Å². The molecule has 0 aromatic heterocycles. The minimum Gasteiger partial charge on any atom is -0.329 e. The van der Waals surface area contributed by atoms with Crippen molar-refractivity contribution in [2.24, 2.45) is 5.73 Å². The summed E-state index contributed by atoms with van der Waals surface area (Å²) in [5, 5.41) is 0. The molecular weight excluding hydrogens is 190 g/mol. The first kappa shape index (κ1) is 10.1. The van der Waals surface area contributed by atoms with Crippen LogP contribution in [0.3, 0.4) is 0 Å². The maximum absolute atomic E-state index is 5.78. The van der Waals surface area contributed by atoms with E-state index < -0.39 is 0 Å². The van der Waals surface area contributed by atoms with E-state index in [2.05, 4.69) is 32.0 Å². The van der Waals surface area contributed by atoms with Gasteiger partial charge in [0.1, 0.15) is 0 Å². The lowest BCUT2D eigenvalue weighted by atomic mass is 10.2. The molecule has 1 aromatic rings. The third-order valence-electron chi connectivity index (χ3n) is 2.84. The van der Waals surface area contributed by atoms with Gasteiger partial charge in [0.25, 0.3) is 0 Å². The fourth-order valence-electron chi connectivity index (χ4n) is 1.63. The molecule has 0 amide bonds. The summed E-state index contributed by atoms with van der Waals surface area (Å²) in [5.41, 5.74) is 8.50. The Morgan fingerprint density at radius 1 is 1.36 bits per heavy atom.